The molecule has 3 aromatic rings. The number of rotatable bonds is 8. The van der Waals surface area contributed by atoms with Gasteiger partial charge in [0.2, 0.25) is 5.95 Å². The molecule has 0 aliphatic carbocycles. The van der Waals surface area contributed by atoms with Crippen LogP contribution >= 0.6 is 11.3 Å². The Hall–Kier alpha value is -2.65. The molecule has 0 unspecified atom stereocenters. The Labute approximate surface area is 161 Å². The Morgan fingerprint density at radius 2 is 2.07 bits per heavy atom. The van der Waals surface area contributed by atoms with E-state index in [0.29, 0.717) is 33.3 Å². The number of anilines is 2. The van der Waals surface area contributed by atoms with Crippen LogP contribution in [0.1, 0.15) is 28.3 Å². The standard InChI is InChI=1S/C18H24N6O2S/c1-10-6-7-11(26-10)14-12-13(19)15(16(20)25)27-17(12)23-18(22-14)21-8-4-5-9-24(2)3/h6-7H,4-5,8-9,19H2,1-3H3,(H2,20,25)(H,21,22,23). The van der Waals surface area contributed by atoms with E-state index in [2.05, 4.69) is 34.3 Å². The number of nitrogen functional groups attached to an aromatic ring is 1. The number of nitrogens with one attached hydrogen (secondary N) is 1. The molecule has 5 N–H and O–H groups in total. The summed E-state index contributed by atoms with van der Waals surface area (Å²) in [6, 6.07) is 3.69. The summed E-state index contributed by atoms with van der Waals surface area (Å²) in [5, 5.41) is 3.85. The number of carbonyl (C=O) groups excluding carboxylic acids is 1. The molecule has 0 aliphatic heterocycles. The van der Waals surface area contributed by atoms with Gasteiger partial charge in [-0.25, -0.2) is 9.97 Å². The van der Waals surface area contributed by atoms with E-state index in [1.165, 1.54) is 11.3 Å². The zero-order chi connectivity index (χ0) is 19.6. The van der Waals surface area contributed by atoms with Crippen molar-refractivity contribution in [3.8, 4) is 11.5 Å². The quantitative estimate of drug-likeness (QED) is 0.507. The minimum atomic E-state index is -0.574. The molecule has 0 atom stereocenters. The lowest BCUT2D eigenvalue weighted by Gasteiger charge is -2.10. The Balaban J connectivity index is 1.95. The molecular weight excluding hydrogens is 364 g/mol. The predicted octanol–water partition coefficient (Wildman–Crippen LogP) is 2.69. The first-order valence-corrected chi connectivity index (χ1v) is 9.53. The highest BCUT2D eigenvalue weighted by Gasteiger charge is 2.22. The number of unbranched alkanes of at least 4 members (excludes halogenated alkanes) is 1. The fourth-order valence-corrected chi connectivity index (χ4v) is 3.72. The smallest absolute Gasteiger partial charge is 0.260 e. The van der Waals surface area contributed by atoms with E-state index in [1.54, 1.807) is 0 Å². The summed E-state index contributed by atoms with van der Waals surface area (Å²) < 4.78 is 5.74. The second-order valence-electron chi connectivity index (χ2n) is 6.63. The fraction of sp³-hybridized carbons (Fsp3) is 0.389. The highest BCUT2D eigenvalue weighted by atomic mass is 32.1. The lowest BCUT2D eigenvalue weighted by molar-refractivity contribution is 0.100. The summed E-state index contributed by atoms with van der Waals surface area (Å²) in [6.07, 6.45) is 2.07. The number of furan rings is 1. The second-order valence-corrected chi connectivity index (χ2v) is 7.63. The van der Waals surface area contributed by atoms with Crippen LogP contribution in [0.2, 0.25) is 0 Å². The summed E-state index contributed by atoms with van der Waals surface area (Å²) in [7, 11) is 4.11. The van der Waals surface area contributed by atoms with Crippen LogP contribution in [0, 0.1) is 6.92 Å². The average molecular weight is 388 g/mol. The molecule has 0 spiro atoms. The van der Waals surface area contributed by atoms with Gasteiger partial charge in [-0.15, -0.1) is 11.3 Å². The summed E-state index contributed by atoms with van der Waals surface area (Å²) >= 11 is 1.17. The van der Waals surface area contributed by atoms with Crippen molar-refractivity contribution in [1.82, 2.24) is 14.9 Å². The van der Waals surface area contributed by atoms with Gasteiger partial charge in [-0.2, -0.15) is 0 Å². The third kappa shape index (κ3) is 4.20. The first kappa shape index (κ1) is 19.1. The van der Waals surface area contributed by atoms with Crippen LogP contribution < -0.4 is 16.8 Å². The topological polar surface area (TPSA) is 123 Å². The number of thiophene rings is 1. The first-order chi connectivity index (χ1) is 12.9. The summed E-state index contributed by atoms with van der Waals surface area (Å²) in [5.41, 5.74) is 12.5. The number of hydrogen-bond acceptors (Lipinski definition) is 8. The molecule has 0 bridgehead atoms. The Morgan fingerprint density at radius 3 is 2.70 bits per heavy atom. The molecule has 0 aromatic carbocycles. The van der Waals surface area contributed by atoms with Gasteiger partial charge in [-0.1, -0.05) is 0 Å². The van der Waals surface area contributed by atoms with E-state index in [1.807, 2.05) is 19.1 Å². The molecule has 27 heavy (non-hydrogen) atoms. The third-order valence-corrected chi connectivity index (χ3v) is 5.22. The lowest BCUT2D eigenvalue weighted by atomic mass is 10.2. The van der Waals surface area contributed by atoms with Gasteiger partial charge in [0, 0.05) is 6.54 Å². The zero-order valence-corrected chi connectivity index (χ0v) is 16.5. The summed E-state index contributed by atoms with van der Waals surface area (Å²) in [5.74, 6) is 1.25. The highest BCUT2D eigenvalue weighted by Crippen LogP contribution is 2.39. The minimum Gasteiger partial charge on any atom is -0.460 e. The van der Waals surface area contributed by atoms with Gasteiger partial charge in [-0.05, 0) is 52.5 Å². The molecule has 3 heterocycles. The highest BCUT2D eigenvalue weighted by molar-refractivity contribution is 7.21. The molecule has 1 amide bonds. The van der Waals surface area contributed by atoms with E-state index in [4.69, 9.17) is 15.9 Å². The van der Waals surface area contributed by atoms with E-state index in [0.717, 1.165) is 31.7 Å². The van der Waals surface area contributed by atoms with Gasteiger partial charge in [0.1, 0.15) is 21.2 Å². The van der Waals surface area contributed by atoms with Gasteiger partial charge < -0.3 is 26.1 Å². The Bertz CT molecular complexity index is 962. The Kier molecular flexibility index (Phi) is 5.62. The maximum Gasteiger partial charge on any atom is 0.260 e. The van der Waals surface area contributed by atoms with Crippen molar-refractivity contribution in [2.45, 2.75) is 19.8 Å². The van der Waals surface area contributed by atoms with E-state index >= 15 is 0 Å². The molecule has 3 aromatic heterocycles. The number of nitrogens with two attached hydrogens (primary N) is 2. The third-order valence-electron chi connectivity index (χ3n) is 4.10. The van der Waals surface area contributed by atoms with Gasteiger partial charge in [0.15, 0.2) is 5.76 Å². The van der Waals surface area contributed by atoms with Crippen molar-refractivity contribution in [1.29, 1.82) is 0 Å². The molecular formula is C18H24N6O2S. The normalized spacial score (nSPS) is 11.4. The molecule has 0 aliphatic rings. The lowest BCUT2D eigenvalue weighted by Crippen LogP contribution is -2.14. The molecule has 8 nitrogen and oxygen atoms in total. The van der Waals surface area contributed by atoms with Crippen LogP contribution in [0.3, 0.4) is 0 Å². The molecule has 0 saturated heterocycles. The average Bonchev–Trinajstić information content (AvgIpc) is 3.17. The van der Waals surface area contributed by atoms with Gasteiger partial charge in [-0.3, -0.25) is 4.79 Å². The van der Waals surface area contributed by atoms with Crippen LogP contribution in [0.5, 0.6) is 0 Å². The largest absolute Gasteiger partial charge is 0.460 e. The number of amides is 1. The fourth-order valence-electron chi connectivity index (χ4n) is 2.78. The number of primary amides is 1. The van der Waals surface area contributed by atoms with E-state index < -0.39 is 5.91 Å². The van der Waals surface area contributed by atoms with Crippen LogP contribution in [0.4, 0.5) is 11.6 Å². The molecule has 0 fully saturated rings. The maximum absolute atomic E-state index is 11.7. The van der Waals surface area contributed by atoms with Crippen molar-refractivity contribution in [2.75, 3.05) is 38.2 Å². The number of fused-ring (bicyclic) bond motifs is 1. The zero-order valence-electron chi connectivity index (χ0n) is 15.7. The molecule has 0 saturated carbocycles. The Morgan fingerprint density at radius 1 is 1.30 bits per heavy atom. The monoisotopic (exact) mass is 388 g/mol. The van der Waals surface area contributed by atoms with Gasteiger partial charge >= 0.3 is 0 Å². The van der Waals surface area contributed by atoms with Crippen molar-refractivity contribution in [3.63, 3.8) is 0 Å². The van der Waals surface area contributed by atoms with Crippen molar-refractivity contribution in [3.05, 3.63) is 22.8 Å². The van der Waals surface area contributed by atoms with E-state index in [9.17, 15) is 4.79 Å². The first-order valence-electron chi connectivity index (χ1n) is 8.72. The summed E-state index contributed by atoms with van der Waals surface area (Å²) in [6.45, 7) is 3.64. The van der Waals surface area contributed by atoms with Crippen molar-refractivity contribution >= 4 is 39.1 Å². The molecule has 3 rings (SSSR count). The van der Waals surface area contributed by atoms with Crippen LogP contribution in [-0.4, -0.2) is 48.0 Å². The van der Waals surface area contributed by atoms with Crippen LogP contribution in [0.25, 0.3) is 21.7 Å². The number of aryl methyl sites for hydroxylation is 1. The maximum atomic E-state index is 11.7. The number of carbonyl (C=O) groups is 1. The minimum absolute atomic E-state index is 0.284. The number of hydrogen-bond donors (Lipinski definition) is 3. The molecule has 0 radical (unpaired) electrons. The van der Waals surface area contributed by atoms with Gasteiger partial charge in [0.25, 0.3) is 5.91 Å². The number of nitrogens with zero attached hydrogens (tertiary/aromatic N) is 3. The van der Waals surface area contributed by atoms with Crippen molar-refractivity contribution in [2.24, 2.45) is 5.73 Å². The van der Waals surface area contributed by atoms with Crippen molar-refractivity contribution < 1.29 is 9.21 Å². The SMILES string of the molecule is Cc1ccc(-c2nc(NCCCCN(C)C)nc3sc(C(N)=O)c(N)c23)o1. The van der Waals surface area contributed by atoms with Crippen LogP contribution in [-0.2, 0) is 0 Å². The number of aromatic nitrogens is 2. The van der Waals surface area contributed by atoms with Crippen LogP contribution in [0.15, 0.2) is 16.5 Å². The molecule has 144 valence electrons. The molecule has 9 heteroatoms. The van der Waals surface area contributed by atoms with E-state index in [-0.39, 0.29) is 4.88 Å². The van der Waals surface area contributed by atoms with Gasteiger partial charge in [0.05, 0.1) is 11.1 Å². The second kappa shape index (κ2) is 7.93. The summed E-state index contributed by atoms with van der Waals surface area (Å²) in [4.78, 5) is 23.9. The predicted molar refractivity (Wildman–Crippen MR) is 109 cm³/mol.